The molecule has 1 heterocycles. The molecule has 1 aliphatic heterocycles. The number of amides is 2. The lowest BCUT2D eigenvalue weighted by Gasteiger charge is -2.28. The van der Waals surface area contributed by atoms with Crippen LogP contribution in [-0.2, 0) is 9.59 Å². The van der Waals surface area contributed by atoms with Crippen molar-refractivity contribution in [3.8, 4) is 0 Å². The lowest BCUT2D eigenvalue weighted by Crippen LogP contribution is -2.37. The van der Waals surface area contributed by atoms with Gasteiger partial charge in [-0.3, -0.25) is 14.5 Å². The molecule has 2 saturated carbocycles. The van der Waals surface area contributed by atoms with E-state index in [0.717, 1.165) is 17.2 Å². The first-order valence-electron chi connectivity index (χ1n) is 8.22. The molecular formula is C19H15Br2NO2. The van der Waals surface area contributed by atoms with E-state index in [9.17, 15) is 9.59 Å². The Bertz CT molecular complexity index is 851. The van der Waals surface area contributed by atoms with E-state index in [-0.39, 0.29) is 45.1 Å². The lowest BCUT2D eigenvalue weighted by molar-refractivity contribution is -0.123. The van der Waals surface area contributed by atoms with Crippen LogP contribution in [0.25, 0.3) is 10.8 Å². The Kier molecular flexibility index (Phi) is 3.24. The summed E-state index contributed by atoms with van der Waals surface area (Å²) in [6, 6.07) is 13.8. The number of alkyl halides is 2. The van der Waals surface area contributed by atoms with Gasteiger partial charge in [0.25, 0.3) is 0 Å². The lowest BCUT2D eigenvalue weighted by atomic mass is 9.81. The number of imide groups is 1. The van der Waals surface area contributed by atoms with Crippen LogP contribution in [0.3, 0.4) is 0 Å². The van der Waals surface area contributed by atoms with Crippen LogP contribution < -0.4 is 4.90 Å². The maximum absolute atomic E-state index is 13.0. The number of hydrogen-bond acceptors (Lipinski definition) is 2. The van der Waals surface area contributed by atoms with E-state index in [1.54, 1.807) is 0 Å². The van der Waals surface area contributed by atoms with Gasteiger partial charge in [-0.25, -0.2) is 0 Å². The maximum Gasteiger partial charge on any atom is 0.238 e. The molecule has 2 aromatic rings. The van der Waals surface area contributed by atoms with Gasteiger partial charge >= 0.3 is 0 Å². The summed E-state index contributed by atoms with van der Waals surface area (Å²) in [5.41, 5.74) is 0.703. The quantitative estimate of drug-likeness (QED) is 0.486. The predicted molar refractivity (Wildman–Crippen MR) is 100 cm³/mol. The molecule has 0 radical (unpaired) electrons. The predicted octanol–water partition coefficient (Wildman–Crippen LogP) is 4.12. The van der Waals surface area contributed by atoms with Crippen molar-refractivity contribution < 1.29 is 9.59 Å². The van der Waals surface area contributed by atoms with Crippen molar-refractivity contribution in [2.24, 2.45) is 23.7 Å². The van der Waals surface area contributed by atoms with Crippen molar-refractivity contribution in [1.82, 2.24) is 0 Å². The molecule has 0 aromatic heterocycles. The second kappa shape index (κ2) is 5.15. The van der Waals surface area contributed by atoms with Gasteiger partial charge in [-0.1, -0.05) is 62.2 Å². The average Bonchev–Trinajstić information content (AvgIpc) is 3.19. The molecule has 0 N–H and O–H groups in total. The minimum atomic E-state index is -0.160. The third kappa shape index (κ3) is 1.83. The standard InChI is InChI=1S/C19H15Br2NO2/c20-16-12-8-13(17(16)21)15-14(12)18(23)22(19(15)24)11-6-5-9-3-1-2-4-10(9)7-11/h1-7,12-17H,8H2/t12-,13+,14-,15+,16-,17-/m1/s1. The van der Waals surface area contributed by atoms with Crippen LogP contribution >= 0.6 is 31.9 Å². The molecule has 2 aliphatic carbocycles. The Balaban J connectivity index is 1.57. The fraction of sp³-hybridized carbons (Fsp3) is 0.368. The minimum absolute atomic E-state index is 0.0170. The first kappa shape index (κ1) is 15.1. The molecule has 6 atom stereocenters. The number of nitrogens with zero attached hydrogens (tertiary/aromatic N) is 1. The largest absolute Gasteiger partial charge is 0.274 e. The number of benzene rings is 2. The monoisotopic (exact) mass is 447 g/mol. The fourth-order valence-corrected chi connectivity index (χ4v) is 6.79. The van der Waals surface area contributed by atoms with E-state index in [0.29, 0.717) is 5.69 Å². The van der Waals surface area contributed by atoms with Crippen LogP contribution in [0.2, 0.25) is 0 Å². The highest BCUT2D eigenvalue weighted by Gasteiger charge is 2.66. The minimum Gasteiger partial charge on any atom is -0.274 e. The molecule has 3 aliphatic rings. The molecule has 5 heteroatoms. The van der Waals surface area contributed by atoms with Crippen LogP contribution in [0.15, 0.2) is 42.5 Å². The van der Waals surface area contributed by atoms with Crippen molar-refractivity contribution in [2.45, 2.75) is 16.1 Å². The smallest absolute Gasteiger partial charge is 0.238 e. The third-order valence-electron chi connectivity index (χ3n) is 5.98. The van der Waals surface area contributed by atoms with E-state index < -0.39 is 0 Å². The number of carbonyl (C=O) groups excluding carboxylic acids is 2. The Morgan fingerprint density at radius 3 is 2.04 bits per heavy atom. The van der Waals surface area contributed by atoms with Crippen LogP contribution in [0.5, 0.6) is 0 Å². The molecule has 0 spiro atoms. The Labute approximate surface area is 156 Å². The van der Waals surface area contributed by atoms with Crippen LogP contribution in [0.4, 0.5) is 5.69 Å². The topological polar surface area (TPSA) is 37.4 Å². The zero-order chi connectivity index (χ0) is 16.6. The fourth-order valence-electron chi connectivity index (χ4n) is 4.92. The molecule has 2 amide bonds. The number of hydrogen-bond donors (Lipinski definition) is 0. The SMILES string of the molecule is O=C1[C@@H]2[C@H]3C[C@H]([C@@H](Br)[C@@H]3Br)[C@@H]2C(=O)N1c1ccc2ccccc2c1. The number of fused-ring (bicyclic) bond motifs is 6. The van der Waals surface area contributed by atoms with Gasteiger partial charge in [0.1, 0.15) is 0 Å². The van der Waals surface area contributed by atoms with E-state index in [1.807, 2.05) is 42.5 Å². The Morgan fingerprint density at radius 2 is 1.42 bits per heavy atom. The summed E-state index contributed by atoms with van der Waals surface area (Å²) in [4.78, 5) is 28.1. The summed E-state index contributed by atoms with van der Waals surface area (Å²) in [6.45, 7) is 0. The highest BCUT2D eigenvalue weighted by molar-refractivity contribution is 9.12. The van der Waals surface area contributed by atoms with Gasteiger partial charge in [0.2, 0.25) is 11.8 Å². The van der Waals surface area contributed by atoms with Crippen molar-refractivity contribution in [2.75, 3.05) is 4.90 Å². The number of carbonyl (C=O) groups is 2. The van der Waals surface area contributed by atoms with E-state index >= 15 is 0 Å². The summed E-state index contributed by atoms with van der Waals surface area (Å²) in [5.74, 6) is 0.158. The van der Waals surface area contributed by atoms with Gasteiger partial charge in [0.15, 0.2) is 0 Å². The summed E-state index contributed by atoms with van der Waals surface area (Å²) >= 11 is 7.45. The number of anilines is 1. The van der Waals surface area contributed by atoms with Crippen molar-refractivity contribution in [3.63, 3.8) is 0 Å². The van der Waals surface area contributed by atoms with E-state index in [1.165, 1.54) is 4.90 Å². The van der Waals surface area contributed by atoms with Crippen molar-refractivity contribution >= 4 is 60.1 Å². The maximum atomic E-state index is 13.0. The van der Waals surface area contributed by atoms with Crippen molar-refractivity contribution in [1.29, 1.82) is 0 Å². The van der Waals surface area contributed by atoms with Gasteiger partial charge in [0, 0.05) is 9.65 Å². The summed E-state index contributed by atoms with van der Waals surface area (Å²) in [7, 11) is 0. The third-order valence-corrected chi connectivity index (χ3v) is 9.18. The van der Waals surface area contributed by atoms with Crippen LogP contribution in [0, 0.1) is 23.7 Å². The zero-order valence-corrected chi connectivity index (χ0v) is 15.9. The molecule has 2 aromatic carbocycles. The molecule has 1 saturated heterocycles. The molecular weight excluding hydrogens is 434 g/mol. The molecule has 2 bridgehead atoms. The first-order valence-corrected chi connectivity index (χ1v) is 10.1. The summed E-state index contributed by atoms with van der Waals surface area (Å²) < 4.78 is 0. The first-order chi connectivity index (χ1) is 11.6. The highest BCUT2D eigenvalue weighted by atomic mass is 79.9. The van der Waals surface area contributed by atoms with Gasteiger partial charge in [-0.15, -0.1) is 0 Å². The number of halogens is 2. The van der Waals surface area contributed by atoms with Crippen LogP contribution in [-0.4, -0.2) is 21.5 Å². The second-order valence-electron chi connectivity index (χ2n) is 7.05. The molecule has 3 nitrogen and oxygen atoms in total. The van der Waals surface area contributed by atoms with Gasteiger partial charge in [-0.05, 0) is 41.2 Å². The molecule has 5 rings (SSSR count). The van der Waals surface area contributed by atoms with Crippen LogP contribution in [0.1, 0.15) is 6.42 Å². The Hall–Kier alpha value is -1.20. The zero-order valence-electron chi connectivity index (χ0n) is 12.7. The summed E-state index contributed by atoms with van der Waals surface area (Å²) in [5, 5.41) is 2.16. The molecule has 24 heavy (non-hydrogen) atoms. The van der Waals surface area contributed by atoms with E-state index in [2.05, 4.69) is 31.9 Å². The number of rotatable bonds is 1. The van der Waals surface area contributed by atoms with Crippen molar-refractivity contribution in [3.05, 3.63) is 42.5 Å². The van der Waals surface area contributed by atoms with Gasteiger partial charge in [-0.2, -0.15) is 0 Å². The Morgan fingerprint density at radius 1 is 0.833 bits per heavy atom. The highest BCUT2D eigenvalue weighted by Crippen LogP contribution is 2.60. The normalized spacial score (nSPS) is 37.5. The molecule has 0 unspecified atom stereocenters. The summed E-state index contributed by atoms with van der Waals surface area (Å²) in [6.07, 6.45) is 0.963. The molecule has 3 fully saturated rings. The second-order valence-corrected chi connectivity index (χ2v) is 9.16. The average molecular weight is 449 g/mol. The van der Waals surface area contributed by atoms with Gasteiger partial charge < -0.3 is 0 Å². The van der Waals surface area contributed by atoms with E-state index in [4.69, 9.17) is 0 Å². The van der Waals surface area contributed by atoms with Gasteiger partial charge in [0.05, 0.1) is 17.5 Å². The molecule has 122 valence electrons.